The number of benzene rings is 1. The highest BCUT2D eigenvalue weighted by Crippen LogP contribution is 2.31. The van der Waals surface area contributed by atoms with Crippen LogP contribution in [-0.2, 0) is 4.79 Å². The Morgan fingerprint density at radius 3 is 2.33 bits per heavy atom. The van der Waals surface area contributed by atoms with Crippen molar-refractivity contribution in [1.29, 1.82) is 0 Å². The van der Waals surface area contributed by atoms with E-state index in [4.69, 9.17) is 0 Å². The molecule has 0 N–H and O–H groups in total. The summed E-state index contributed by atoms with van der Waals surface area (Å²) in [5.74, 6) is 0.584. The van der Waals surface area contributed by atoms with E-state index in [9.17, 15) is 9.59 Å². The molecule has 1 saturated heterocycles. The third kappa shape index (κ3) is 3.12. The minimum Gasteiger partial charge on any atom is -0.339 e. The van der Waals surface area contributed by atoms with Crippen molar-refractivity contribution >= 4 is 27.7 Å². The molecule has 1 saturated carbocycles. The van der Waals surface area contributed by atoms with Gasteiger partial charge in [-0.2, -0.15) is 0 Å². The zero-order valence-corrected chi connectivity index (χ0v) is 13.7. The maximum Gasteiger partial charge on any atom is 0.255 e. The molecule has 0 bridgehead atoms. The Morgan fingerprint density at radius 2 is 1.71 bits per heavy atom. The molecule has 1 heterocycles. The topological polar surface area (TPSA) is 40.6 Å². The summed E-state index contributed by atoms with van der Waals surface area (Å²) in [6.07, 6.45) is 2.07. The third-order valence-corrected chi connectivity index (χ3v) is 4.85. The summed E-state index contributed by atoms with van der Waals surface area (Å²) in [6.45, 7) is 4.54. The Morgan fingerprint density at radius 1 is 1.10 bits per heavy atom. The zero-order chi connectivity index (χ0) is 15.0. The third-order valence-electron chi connectivity index (χ3n) is 4.16. The Kier molecular flexibility index (Phi) is 4.02. The summed E-state index contributed by atoms with van der Waals surface area (Å²) in [6, 6.07) is 5.80. The molecule has 1 aliphatic heterocycles. The van der Waals surface area contributed by atoms with E-state index in [1.807, 2.05) is 34.9 Å². The molecule has 2 aliphatic rings. The standard InChI is InChI=1S/C16H19BrN2O2/c1-11-2-5-14(17)13(10-11)16(21)19-8-6-18(7-9-19)15(20)12-3-4-12/h2,5,10,12H,3-4,6-9H2,1H3. The average molecular weight is 351 g/mol. The first-order chi connectivity index (χ1) is 10.1. The molecule has 0 unspecified atom stereocenters. The number of hydrogen-bond acceptors (Lipinski definition) is 2. The maximum atomic E-state index is 12.6. The number of carbonyl (C=O) groups is 2. The normalized spacial score (nSPS) is 18.8. The average Bonchev–Trinajstić information content (AvgIpc) is 3.33. The molecule has 4 nitrogen and oxygen atoms in total. The summed E-state index contributed by atoms with van der Waals surface area (Å²) < 4.78 is 0.828. The van der Waals surface area contributed by atoms with E-state index < -0.39 is 0 Å². The summed E-state index contributed by atoms with van der Waals surface area (Å²) in [5.41, 5.74) is 1.78. The number of halogens is 1. The number of rotatable bonds is 2. The van der Waals surface area contributed by atoms with E-state index in [2.05, 4.69) is 15.9 Å². The molecule has 0 radical (unpaired) electrons. The number of hydrogen-bond donors (Lipinski definition) is 0. The Bertz CT molecular complexity index is 576. The fraction of sp³-hybridized carbons (Fsp3) is 0.500. The fourth-order valence-corrected chi connectivity index (χ4v) is 3.11. The largest absolute Gasteiger partial charge is 0.339 e. The van der Waals surface area contributed by atoms with E-state index in [0.717, 1.165) is 22.9 Å². The van der Waals surface area contributed by atoms with Crippen LogP contribution in [0.5, 0.6) is 0 Å². The molecule has 1 aromatic carbocycles. The van der Waals surface area contributed by atoms with Gasteiger partial charge in [0.25, 0.3) is 5.91 Å². The van der Waals surface area contributed by atoms with Crippen molar-refractivity contribution in [3.8, 4) is 0 Å². The lowest BCUT2D eigenvalue weighted by molar-refractivity contribution is -0.134. The first-order valence-corrected chi connectivity index (χ1v) is 8.20. The van der Waals surface area contributed by atoms with Crippen LogP contribution in [0.25, 0.3) is 0 Å². The van der Waals surface area contributed by atoms with Gasteiger partial charge in [0.05, 0.1) is 5.56 Å². The van der Waals surface area contributed by atoms with Gasteiger partial charge in [0, 0.05) is 36.6 Å². The lowest BCUT2D eigenvalue weighted by atomic mass is 10.1. The fourth-order valence-electron chi connectivity index (χ4n) is 2.69. The Hall–Kier alpha value is -1.36. The maximum absolute atomic E-state index is 12.6. The second-order valence-electron chi connectivity index (χ2n) is 5.88. The summed E-state index contributed by atoms with van der Waals surface area (Å²) in [5, 5.41) is 0. The van der Waals surface area contributed by atoms with Gasteiger partial charge in [0.15, 0.2) is 0 Å². The van der Waals surface area contributed by atoms with Gasteiger partial charge < -0.3 is 9.80 Å². The first kappa shape index (κ1) is 14.6. The smallest absolute Gasteiger partial charge is 0.255 e. The van der Waals surface area contributed by atoms with Crippen LogP contribution in [0, 0.1) is 12.8 Å². The van der Waals surface area contributed by atoms with Gasteiger partial charge in [-0.25, -0.2) is 0 Å². The molecular formula is C16H19BrN2O2. The highest BCUT2D eigenvalue weighted by Gasteiger charge is 2.35. The van der Waals surface area contributed by atoms with Crippen molar-refractivity contribution in [3.05, 3.63) is 33.8 Å². The van der Waals surface area contributed by atoms with Crippen molar-refractivity contribution in [2.24, 2.45) is 5.92 Å². The number of nitrogens with zero attached hydrogens (tertiary/aromatic N) is 2. The number of amides is 2. The van der Waals surface area contributed by atoms with Crippen LogP contribution in [0.1, 0.15) is 28.8 Å². The summed E-state index contributed by atoms with van der Waals surface area (Å²) >= 11 is 3.45. The van der Waals surface area contributed by atoms with Crippen LogP contribution in [-0.4, -0.2) is 47.8 Å². The highest BCUT2D eigenvalue weighted by atomic mass is 79.9. The van der Waals surface area contributed by atoms with E-state index in [-0.39, 0.29) is 17.7 Å². The van der Waals surface area contributed by atoms with Crippen LogP contribution in [0.2, 0.25) is 0 Å². The lowest BCUT2D eigenvalue weighted by Gasteiger charge is -2.35. The van der Waals surface area contributed by atoms with Crippen molar-refractivity contribution in [3.63, 3.8) is 0 Å². The molecule has 0 spiro atoms. The van der Waals surface area contributed by atoms with E-state index in [1.54, 1.807) is 0 Å². The second kappa shape index (κ2) is 5.79. The van der Waals surface area contributed by atoms with Gasteiger partial charge in [0.1, 0.15) is 0 Å². The monoisotopic (exact) mass is 350 g/mol. The highest BCUT2D eigenvalue weighted by molar-refractivity contribution is 9.10. The van der Waals surface area contributed by atoms with Crippen LogP contribution >= 0.6 is 15.9 Å². The van der Waals surface area contributed by atoms with Crippen molar-refractivity contribution in [2.75, 3.05) is 26.2 Å². The summed E-state index contributed by atoms with van der Waals surface area (Å²) in [4.78, 5) is 28.4. The molecule has 1 aromatic rings. The number of piperazine rings is 1. The predicted octanol–water partition coefficient (Wildman–Crippen LogP) is 2.45. The SMILES string of the molecule is Cc1ccc(Br)c(C(=O)N2CCN(C(=O)C3CC3)CC2)c1. The van der Waals surface area contributed by atoms with Crippen LogP contribution in [0.15, 0.2) is 22.7 Å². The molecule has 5 heteroatoms. The van der Waals surface area contributed by atoms with Crippen molar-refractivity contribution in [2.45, 2.75) is 19.8 Å². The zero-order valence-electron chi connectivity index (χ0n) is 12.1. The lowest BCUT2D eigenvalue weighted by Crippen LogP contribution is -2.51. The summed E-state index contributed by atoms with van der Waals surface area (Å²) in [7, 11) is 0. The molecule has 2 fully saturated rings. The van der Waals surface area contributed by atoms with E-state index in [1.165, 1.54) is 0 Å². The minimum absolute atomic E-state index is 0.0455. The molecule has 3 rings (SSSR count). The van der Waals surface area contributed by atoms with E-state index >= 15 is 0 Å². The molecule has 112 valence electrons. The van der Waals surface area contributed by atoms with Crippen LogP contribution in [0.3, 0.4) is 0 Å². The van der Waals surface area contributed by atoms with E-state index in [0.29, 0.717) is 31.7 Å². The second-order valence-corrected chi connectivity index (χ2v) is 6.73. The van der Waals surface area contributed by atoms with Gasteiger partial charge >= 0.3 is 0 Å². The molecule has 21 heavy (non-hydrogen) atoms. The van der Waals surface area contributed by atoms with Gasteiger partial charge in [0.2, 0.25) is 5.91 Å². The minimum atomic E-state index is 0.0455. The predicted molar refractivity (Wildman–Crippen MR) is 84.1 cm³/mol. The molecule has 0 aromatic heterocycles. The van der Waals surface area contributed by atoms with Gasteiger partial charge in [-0.3, -0.25) is 9.59 Å². The Balaban J connectivity index is 1.64. The van der Waals surface area contributed by atoms with Gasteiger partial charge in [-0.05, 0) is 47.8 Å². The number of aryl methyl sites for hydroxylation is 1. The Labute approximate surface area is 133 Å². The van der Waals surface area contributed by atoms with Crippen molar-refractivity contribution in [1.82, 2.24) is 9.80 Å². The molecule has 1 aliphatic carbocycles. The molecule has 0 atom stereocenters. The quantitative estimate of drug-likeness (QED) is 0.821. The van der Waals surface area contributed by atoms with Crippen LogP contribution < -0.4 is 0 Å². The van der Waals surface area contributed by atoms with Gasteiger partial charge in [-0.15, -0.1) is 0 Å². The van der Waals surface area contributed by atoms with Crippen LogP contribution in [0.4, 0.5) is 0 Å². The number of carbonyl (C=O) groups excluding carboxylic acids is 2. The van der Waals surface area contributed by atoms with Gasteiger partial charge in [-0.1, -0.05) is 11.6 Å². The first-order valence-electron chi connectivity index (χ1n) is 7.40. The van der Waals surface area contributed by atoms with Crippen molar-refractivity contribution < 1.29 is 9.59 Å². The molecule has 2 amide bonds. The molecular weight excluding hydrogens is 332 g/mol.